The van der Waals surface area contributed by atoms with Crippen LogP contribution in [0.2, 0.25) is 0 Å². The van der Waals surface area contributed by atoms with E-state index in [1.165, 1.54) is 0 Å². The number of hydrogen-bond donors (Lipinski definition) is 0. The second-order valence-electron chi connectivity index (χ2n) is 6.98. The van der Waals surface area contributed by atoms with Crippen molar-refractivity contribution in [2.24, 2.45) is 4.99 Å². The minimum absolute atomic E-state index is 0.242. The zero-order valence-electron chi connectivity index (χ0n) is 17.1. The molecular formula is C25H20INO4. The molecule has 0 bridgehead atoms. The van der Waals surface area contributed by atoms with Crippen molar-refractivity contribution >= 4 is 40.5 Å². The summed E-state index contributed by atoms with van der Waals surface area (Å²) in [6.45, 7) is 2.44. The van der Waals surface area contributed by atoms with Gasteiger partial charge in [0.15, 0.2) is 17.2 Å². The Morgan fingerprint density at radius 2 is 1.84 bits per heavy atom. The molecule has 156 valence electrons. The van der Waals surface area contributed by atoms with Gasteiger partial charge in [-0.2, -0.15) is 0 Å². The van der Waals surface area contributed by atoms with E-state index >= 15 is 0 Å². The maximum Gasteiger partial charge on any atom is 0.363 e. The van der Waals surface area contributed by atoms with Gasteiger partial charge in [-0.1, -0.05) is 36.4 Å². The molecule has 0 N–H and O–H groups in total. The third-order valence-corrected chi connectivity index (χ3v) is 5.96. The van der Waals surface area contributed by atoms with Gasteiger partial charge in [-0.05, 0) is 82.6 Å². The van der Waals surface area contributed by atoms with Crippen LogP contribution in [-0.4, -0.2) is 19.0 Å². The van der Waals surface area contributed by atoms with Gasteiger partial charge in [0.1, 0.15) is 6.61 Å². The Balaban J connectivity index is 1.55. The van der Waals surface area contributed by atoms with Crippen LogP contribution in [0.15, 0.2) is 77.4 Å². The molecule has 31 heavy (non-hydrogen) atoms. The summed E-state index contributed by atoms with van der Waals surface area (Å²) in [6.07, 6.45) is 1.68. The van der Waals surface area contributed by atoms with Crippen LogP contribution < -0.4 is 9.47 Å². The number of carbonyl (C=O) groups excluding carboxylic acids is 1. The second-order valence-corrected chi connectivity index (χ2v) is 8.15. The van der Waals surface area contributed by atoms with E-state index in [0.29, 0.717) is 24.0 Å². The molecule has 1 aliphatic rings. The topological polar surface area (TPSA) is 57.1 Å². The first-order chi connectivity index (χ1) is 15.0. The lowest BCUT2D eigenvalue weighted by molar-refractivity contribution is -0.129. The number of carbonyl (C=O) groups is 1. The Hall–Kier alpha value is -3.13. The predicted octanol–water partition coefficient (Wildman–Crippen LogP) is 5.53. The van der Waals surface area contributed by atoms with Crippen LogP contribution in [0.5, 0.6) is 11.5 Å². The van der Waals surface area contributed by atoms with Crippen molar-refractivity contribution in [2.45, 2.75) is 13.5 Å². The largest absolute Gasteiger partial charge is 0.493 e. The van der Waals surface area contributed by atoms with Crippen molar-refractivity contribution in [3.8, 4) is 11.5 Å². The van der Waals surface area contributed by atoms with Crippen molar-refractivity contribution in [1.82, 2.24) is 0 Å². The lowest BCUT2D eigenvalue weighted by Crippen LogP contribution is -2.05. The number of rotatable bonds is 6. The molecule has 1 aliphatic heterocycles. The Labute approximate surface area is 194 Å². The number of methoxy groups -OCH3 is 1. The molecule has 0 saturated heterocycles. The Kier molecular flexibility index (Phi) is 6.36. The highest BCUT2D eigenvalue weighted by Crippen LogP contribution is 2.30. The van der Waals surface area contributed by atoms with Crippen molar-refractivity contribution in [3.05, 3.63) is 98.3 Å². The number of esters is 1. The quantitative estimate of drug-likeness (QED) is 0.241. The number of hydrogen-bond acceptors (Lipinski definition) is 5. The molecule has 0 aromatic heterocycles. The molecule has 0 aliphatic carbocycles. The number of cyclic esters (lactones) is 1. The zero-order valence-corrected chi connectivity index (χ0v) is 19.3. The number of benzene rings is 3. The van der Waals surface area contributed by atoms with E-state index in [1.54, 1.807) is 13.2 Å². The van der Waals surface area contributed by atoms with E-state index in [4.69, 9.17) is 14.2 Å². The zero-order chi connectivity index (χ0) is 21.8. The van der Waals surface area contributed by atoms with Gasteiger partial charge >= 0.3 is 5.97 Å². The third-order valence-electron chi connectivity index (χ3n) is 4.75. The SMILES string of the molecule is COc1cc(/C=C2\N=C(c3ccc(I)c(C)c3)OC2=O)ccc1OCc1ccccc1. The Morgan fingerprint density at radius 3 is 2.58 bits per heavy atom. The molecule has 0 atom stereocenters. The van der Waals surface area contributed by atoms with Crippen LogP contribution in [0.3, 0.4) is 0 Å². The summed E-state index contributed by atoms with van der Waals surface area (Å²) in [7, 11) is 1.58. The normalized spacial score (nSPS) is 14.4. The Morgan fingerprint density at radius 1 is 1.03 bits per heavy atom. The summed E-state index contributed by atoms with van der Waals surface area (Å²) in [5.41, 5.74) is 3.95. The van der Waals surface area contributed by atoms with Crippen molar-refractivity contribution in [2.75, 3.05) is 7.11 Å². The molecule has 0 fully saturated rings. The van der Waals surface area contributed by atoms with Crippen LogP contribution in [0, 0.1) is 10.5 Å². The summed E-state index contributed by atoms with van der Waals surface area (Å²) >= 11 is 2.26. The number of ether oxygens (including phenoxy) is 3. The van der Waals surface area contributed by atoms with Crippen LogP contribution >= 0.6 is 22.6 Å². The summed E-state index contributed by atoms with van der Waals surface area (Å²) < 4.78 is 17.9. The molecule has 3 aromatic rings. The molecule has 0 unspecified atom stereocenters. The highest BCUT2D eigenvalue weighted by atomic mass is 127. The van der Waals surface area contributed by atoms with E-state index < -0.39 is 5.97 Å². The number of aliphatic imine (C=N–C) groups is 1. The van der Waals surface area contributed by atoms with Gasteiger partial charge in [0.05, 0.1) is 7.11 Å². The van der Waals surface area contributed by atoms with E-state index in [-0.39, 0.29) is 5.70 Å². The fraction of sp³-hybridized carbons (Fsp3) is 0.120. The lowest BCUT2D eigenvalue weighted by atomic mass is 10.1. The van der Waals surface area contributed by atoms with Gasteiger partial charge < -0.3 is 14.2 Å². The van der Waals surface area contributed by atoms with Crippen LogP contribution in [0.25, 0.3) is 6.08 Å². The number of halogens is 1. The first kappa shape index (κ1) is 21.1. The minimum atomic E-state index is -0.477. The monoisotopic (exact) mass is 525 g/mol. The molecule has 6 heteroatoms. The smallest absolute Gasteiger partial charge is 0.363 e. The van der Waals surface area contributed by atoms with Crippen LogP contribution in [0.4, 0.5) is 0 Å². The standard InChI is InChI=1S/C25H20INO4/c1-16-12-19(9-10-20(16)26)24-27-21(25(28)31-24)13-18-8-11-22(23(14-18)29-2)30-15-17-6-4-3-5-7-17/h3-14H,15H2,1-2H3/b21-13-. The fourth-order valence-electron chi connectivity index (χ4n) is 3.10. The molecule has 4 rings (SSSR count). The van der Waals surface area contributed by atoms with E-state index in [1.807, 2.05) is 73.7 Å². The number of nitrogens with zero attached hydrogens (tertiary/aromatic N) is 1. The molecule has 0 amide bonds. The summed E-state index contributed by atoms with van der Waals surface area (Å²) in [4.78, 5) is 16.7. The fourth-order valence-corrected chi connectivity index (χ4v) is 3.43. The average Bonchev–Trinajstić information content (AvgIpc) is 3.15. The van der Waals surface area contributed by atoms with Gasteiger partial charge in [-0.3, -0.25) is 0 Å². The first-order valence-corrected chi connectivity index (χ1v) is 10.8. The average molecular weight is 525 g/mol. The molecule has 3 aromatic carbocycles. The Bertz CT molecular complexity index is 1190. The highest BCUT2D eigenvalue weighted by molar-refractivity contribution is 14.1. The molecule has 5 nitrogen and oxygen atoms in total. The molecule has 0 spiro atoms. The van der Waals surface area contributed by atoms with Crippen molar-refractivity contribution in [1.29, 1.82) is 0 Å². The van der Waals surface area contributed by atoms with Crippen molar-refractivity contribution < 1.29 is 19.0 Å². The predicted molar refractivity (Wildman–Crippen MR) is 128 cm³/mol. The van der Waals surface area contributed by atoms with E-state index in [9.17, 15) is 4.79 Å². The van der Waals surface area contributed by atoms with E-state index in [0.717, 1.165) is 25.8 Å². The summed E-state index contributed by atoms with van der Waals surface area (Å²) in [6, 6.07) is 21.2. The lowest BCUT2D eigenvalue weighted by Gasteiger charge is -2.11. The van der Waals surface area contributed by atoms with Crippen molar-refractivity contribution in [3.63, 3.8) is 0 Å². The molecular weight excluding hydrogens is 505 g/mol. The molecule has 1 heterocycles. The first-order valence-electron chi connectivity index (χ1n) is 9.67. The minimum Gasteiger partial charge on any atom is -0.493 e. The van der Waals surface area contributed by atoms with Crippen LogP contribution in [0.1, 0.15) is 22.3 Å². The number of aryl methyl sites for hydroxylation is 1. The van der Waals surface area contributed by atoms with Gasteiger partial charge in [0.2, 0.25) is 5.90 Å². The summed E-state index contributed by atoms with van der Waals surface area (Å²) in [5, 5.41) is 0. The van der Waals surface area contributed by atoms with E-state index in [2.05, 4.69) is 27.6 Å². The maximum absolute atomic E-state index is 12.3. The highest BCUT2D eigenvalue weighted by Gasteiger charge is 2.24. The van der Waals surface area contributed by atoms with Gasteiger partial charge in [0, 0.05) is 9.13 Å². The van der Waals surface area contributed by atoms with Crippen LogP contribution in [-0.2, 0) is 16.1 Å². The van der Waals surface area contributed by atoms with Gasteiger partial charge in [0.25, 0.3) is 0 Å². The van der Waals surface area contributed by atoms with Gasteiger partial charge in [-0.15, -0.1) is 0 Å². The molecule has 0 radical (unpaired) electrons. The second kappa shape index (κ2) is 9.34. The molecule has 0 saturated carbocycles. The third kappa shape index (κ3) is 4.96. The summed E-state index contributed by atoms with van der Waals surface area (Å²) in [5.74, 6) is 1.04. The van der Waals surface area contributed by atoms with Gasteiger partial charge in [-0.25, -0.2) is 9.79 Å². The maximum atomic E-state index is 12.3.